The average Bonchev–Trinajstić information content (AvgIpc) is 3.25. The van der Waals surface area contributed by atoms with Gasteiger partial charge in [-0.25, -0.2) is 0 Å². The van der Waals surface area contributed by atoms with E-state index in [1.807, 2.05) is 6.07 Å². The molecule has 2 aliphatic heterocycles. The molecule has 1 saturated heterocycles. The maximum Gasteiger partial charge on any atom is 0.123 e. The van der Waals surface area contributed by atoms with Gasteiger partial charge in [0, 0.05) is 32.2 Å². The van der Waals surface area contributed by atoms with Crippen LogP contribution in [0.25, 0.3) is 0 Å². The molecule has 24 heavy (non-hydrogen) atoms. The standard InChI is InChI=1S/C19H26N4O/c20-9-12-21-10-7-16(8-11-21)23-15-22(14-17-4-3-13-24-17)18-5-1-2-6-19(18)23/h1-6,13,16H,7-12,14-15,20H2. The van der Waals surface area contributed by atoms with E-state index in [-0.39, 0.29) is 0 Å². The molecule has 0 unspecified atom stereocenters. The number of nitrogens with zero attached hydrogens (tertiary/aromatic N) is 3. The van der Waals surface area contributed by atoms with E-state index in [0.29, 0.717) is 6.04 Å². The quantitative estimate of drug-likeness (QED) is 0.915. The van der Waals surface area contributed by atoms with Crippen molar-refractivity contribution in [2.75, 3.05) is 42.6 Å². The molecule has 0 bridgehead atoms. The van der Waals surface area contributed by atoms with E-state index < -0.39 is 0 Å². The minimum absolute atomic E-state index is 0.613. The van der Waals surface area contributed by atoms with E-state index in [4.69, 9.17) is 10.2 Å². The van der Waals surface area contributed by atoms with Crippen molar-refractivity contribution in [3.05, 3.63) is 48.4 Å². The molecular formula is C19H26N4O. The molecule has 5 nitrogen and oxygen atoms in total. The van der Waals surface area contributed by atoms with E-state index in [2.05, 4.69) is 45.0 Å². The number of rotatable bonds is 5. The van der Waals surface area contributed by atoms with Crippen LogP contribution in [0.5, 0.6) is 0 Å². The summed E-state index contributed by atoms with van der Waals surface area (Å²) in [4.78, 5) is 7.48. The molecule has 1 fully saturated rings. The smallest absolute Gasteiger partial charge is 0.123 e. The molecule has 0 saturated carbocycles. The van der Waals surface area contributed by atoms with Gasteiger partial charge < -0.3 is 24.9 Å². The largest absolute Gasteiger partial charge is 0.467 e. The van der Waals surface area contributed by atoms with Gasteiger partial charge in [-0.15, -0.1) is 0 Å². The number of hydrogen-bond acceptors (Lipinski definition) is 5. The second-order valence-corrected chi connectivity index (χ2v) is 6.74. The molecule has 0 radical (unpaired) electrons. The Morgan fingerprint density at radius 2 is 1.83 bits per heavy atom. The Labute approximate surface area is 143 Å². The zero-order chi connectivity index (χ0) is 16.4. The van der Waals surface area contributed by atoms with Crippen molar-refractivity contribution in [3.8, 4) is 0 Å². The van der Waals surface area contributed by atoms with Gasteiger partial charge in [0.15, 0.2) is 0 Å². The SMILES string of the molecule is NCCN1CCC(N2CN(Cc3ccco3)c3ccccc32)CC1. The maximum absolute atomic E-state index is 5.69. The Hall–Kier alpha value is -1.98. The Bertz CT molecular complexity index is 649. The minimum Gasteiger partial charge on any atom is -0.467 e. The van der Waals surface area contributed by atoms with Crippen molar-refractivity contribution in [2.24, 2.45) is 5.73 Å². The third-order valence-corrected chi connectivity index (χ3v) is 5.22. The molecule has 0 spiro atoms. The first-order valence-corrected chi connectivity index (χ1v) is 8.90. The summed E-state index contributed by atoms with van der Waals surface area (Å²) in [5, 5.41) is 0. The van der Waals surface area contributed by atoms with Crippen LogP contribution in [0.4, 0.5) is 11.4 Å². The summed E-state index contributed by atoms with van der Waals surface area (Å²) in [6.07, 6.45) is 4.17. The van der Waals surface area contributed by atoms with Gasteiger partial charge >= 0.3 is 0 Å². The van der Waals surface area contributed by atoms with Gasteiger partial charge in [-0.2, -0.15) is 0 Å². The lowest BCUT2D eigenvalue weighted by Crippen LogP contribution is -2.47. The molecule has 1 aromatic carbocycles. The first-order valence-electron chi connectivity index (χ1n) is 8.90. The second kappa shape index (κ2) is 6.87. The number of para-hydroxylation sites is 2. The van der Waals surface area contributed by atoms with Crippen molar-refractivity contribution in [1.82, 2.24) is 4.90 Å². The lowest BCUT2D eigenvalue weighted by molar-refractivity contribution is 0.214. The van der Waals surface area contributed by atoms with Crippen LogP contribution < -0.4 is 15.5 Å². The van der Waals surface area contributed by atoms with E-state index in [9.17, 15) is 0 Å². The topological polar surface area (TPSA) is 48.9 Å². The minimum atomic E-state index is 0.613. The van der Waals surface area contributed by atoms with Gasteiger partial charge in [-0.1, -0.05) is 12.1 Å². The molecule has 4 rings (SSSR count). The number of anilines is 2. The van der Waals surface area contributed by atoms with E-state index in [1.54, 1.807) is 6.26 Å². The highest BCUT2D eigenvalue weighted by molar-refractivity contribution is 5.76. The zero-order valence-electron chi connectivity index (χ0n) is 14.1. The predicted octanol–water partition coefficient (Wildman–Crippen LogP) is 2.49. The van der Waals surface area contributed by atoms with Crippen LogP contribution in [0.3, 0.4) is 0 Å². The molecule has 2 aromatic rings. The summed E-state index contributed by atoms with van der Waals surface area (Å²) in [6.45, 7) is 5.85. The van der Waals surface area contributed by atoms with Gasteiger partial charge in [0.05, 0.1) is 30.9 Å². The maximum atomic E-state index is 5.69. The third-order valence-electron chi connectivity index (χ3n) is 5.22. The van der Waals surface area contributed by atoms with Crippen molar-refractivity contribution < 1.29 is 4.42 Å². The number of fused-ring (bicyclic) bond motifs is 1. The summed E-state index contributed by atoms with van der Waals surface area (Å²) in [6, 6.07) is 13.4. The summed E-state index contributed by atoms with van der Waals surface area (Å²) in [5.74, 6) is 1.02. The first kappa shape index (κ1) is 15.5. The Morgan fingerprint density at radius 1 is 1.04 bits per heavy atom. The normalized spacial score (nSPS) is 19.0. The molecule has 128 valence electrons. The van der Waals surface area contributed by atoms with Crippen LogP contribution in [0.1, 0.15) is 18.6 Å². The number of piperidine rings is 1. The number of likely N-dealkylation sites (tertiary alicyclic amines) is 1. The van der Waals surface area contributed by atoms with Crippen LogP contribution in [0.15, 0.2) is 47.1 Å². The van der Waals surface area contributed by atoms with E-state index in [1.165, 1.54) is 24.2 Å². The number of furan rings is 1. The van der Waals surface area contributed by atoms with Crippen LogP contribution >= 0.6 is 0 Å². The molecule has 0 atom stereocenters. The fraction of sp³-hybridized carbons (Fsp3) is 0.474. The molecule has 0 aliphatic carbocycles. The van der Waals surface area contributed by atoms with E-state index in [0.717, 1.165) is 45.2 Å². The highest BCUT2D eigenvalue weighted by Gasteiger charge is 2.32. The van der Waals surface area contributed by atoms with Crippen molar-refractivity contribution >= 4 is 11.4 Å². The molecule has 2 N–H and O–H groups in total. The van der Waals surface area contributed by atoms with Crippen molar-refractivity contribution in [2.45, 2.75) is 25.4 Å². The molecule has 0 amide bonds. The van der Waals surface area contributed by atoms with Gasteiger partial charge in [0.25, 0.3) is 0 Å². The summed E-state index contributed by atoms with van der Waals surface area (Å²) in [7, 11) is 0. The average molecular weight is 326 g/mol. The van der Waals surface area contributed by atoms with Crippen molar-refractivity contribution in [1.29, 1.82) is 0 Å². The molecule has 5 heteroatoms. The van der Waals surface area contributed by atoms with E-state index >= 15 is 0 Å². The first-order chi connectivity index (χ1) is 11.8. The zero-order valence-corrected chi connectivity index (χ0v) is 14.1. The molecule has 1 aromatic heterocycles. The summed E-state index contributed by atoms with van der Waals surface area (Å²) < 4.78 is 5.55. The molecule has 2 aliphatic rings. The Morgan fingerprint density at radius 3 is 2.54 bits per heavy atom. The fourth-order valence-corrected chi connectivity index (χ4v) is 3.99. The molecular weight excluding hydrogens is 300 g/mol. The van der Waals surface area contributed by atoms with Crippen LogP contribution in [-0.2, 0) is 6.54 Å². The van der Waals surface area contributed by atoms with Crippen molar-refractivity contribution in [3.63, 3.8) is 0 Å². The summed E-state index contributed by atoms with van der Waals surface area (Å²) >= 11 is 0. The second-order valence-electron chi connectivity index (χ2n) is 6.74. The highest BCUT2D eigenvalue weighted by atomic mass is 16.3. The third kappa shape index (κ3) is 3.01. The number of benzene rings is 1. The lowest BCUT2D eigenvalue weighted by Gasteiger charge is -2.37. The summed E-state index contributed by atoms with van der Waals surface area (Å²) in [5.41, 5.74) is 8.37. The predicted molar refractivity (Wildman–Crippen MR) is 97.2 cm³/mol. The highest BCUT2D eigenvalue weighted by Crippen LogP contribution is 2.39. The van der Waals surface area contributed by atoms with Crippen LogP contribution in [0.2, 0.25) is 0 Å². The lowest BCUT2D eigenvalue weighted by atomic mass is 10.0. The van der Waals surface area contributed by atoms with Crippen LogP contribution in [-0.4, -0.2) is 43.8 Å². The Balaban J connectivity index is 1.49. The van der Waals surface area contributed by atoms with Crippen LogP contribution in [0, 0.1) is 0 Å². The molecule has 3 heterocycles. The number of hydrogen-bond donors (Lipinski definition) is 1. The monoisotopic (exact) mass is 326 g/mol. The number of nitrogens with two attached hydrogens (primary N) is 1. The van der Waals surface area contributed by atoms with Gasteiger partial charge in [0.1, 0.15) is 5.76 Å². The van der Waals surface area contributed by atoms with Gasteiger partial charge in [-0.3, -0.25) is 0 Å². The Kier molecular flexibility index (Phi) is 4.45. The van der Waals surface area contributed by atoms with Gasteiger partial charge in [0.2, 0.25) is 0 Å². The fourth-order valence-electron chi connectivity index (χ4n) is 3.99. The van der Waals surface area contributed by atoms with Gasteiger partial charge in [-0.05, 0) is 37.1 Å².